The van der Waals surface area contributed by atoms with Crippen molar-refractivity contribution in [1.29, 1.82) is 0 Å². The molecule has 2 aliphatic rings. The summed E-state index contributed by atoms with van der Waals surface area (Å²) < 4.78 is 2.21. The molecule has 0 spiro atoms. The first-order valence-electron chi connectivity index (χ1n) is 8.46. The fourth-order valence-electron chi connectivity index (χ4n) is 3.48. The van der Waals surface area contributed by atoms with Gasteiger partial charge >= 0.3 is 0 Å². The maximum absolute atomic E-state index is 12.9. The second-order valence-electron chi connectivity index (χ2n) is 6.42. The van der Waals surface area contributed by atoms with Gasteiger partial charge < -0.3 is 14.8 Å². The van der Waals surface area contributed by atoms with Gasteiger partial charge in [-0.15, -0.1) is 0 Å². The number of hydrogen-bond donors (Lipinski definition) is 1. The quantitative estimate of drug-likeness (QED) is 0.905. The van der Waals surface area contributed by atoms with Gasteiger partial charge in [0.2, 0.25) is 0 Å². The highest BCUT2D eigenvalue weighted by Crippen LogP contribution is 2.28. The van der Waals surface area contributed by atoms with Gasteiger partial charge in [0, 0.05) is 25.3 Å². The highest BCUT2D eigenvalue weighted by molar-refractivity contribution is 5.92. The Morgan fingerprint density at radius 3 is 2.71 bits per heavy atom. The van der Waals surface area contributed by atoms with Gasteiger partial charge in [0.1, 0.15) is 5.69 Å². The summed E-state index contributed by atoms with van der Waals surface area (Å²) in [4.78, 5) is 14.9. The lowest BCUT2D eigenvalue weighted by Gasteiger charge is -2.33. The van der Waals surface area contributed by atoms with Crippen LogP contribution in [-0.2, 0) is 0 Å². The van der Waals surface area contributed by atoms with Crippen LogP contribution in [0.3, 0.4) is 0 Å². The number of carbonyl (C=O) groups excluding carboxylic acids is 1. The molecule has 1 aliphatic heterocycles. The molecule has 3 rings (SSSR count). The van der Waals surface area contributed by atoms with Crippen molar-refractivity contribution in [2.24, 2.45) is 5.92 Å². The van der Waals surface area contributed by atoms with Gasteiger partial charge in [-0.05, 0) is 63.7 Å². The van der Waals surface area contributed by atoms with Crippen LogP contribution < -0.4 is 5.32 Å². The van der Waals surface area contributed by atoms with Crippen LogP contribution in [0.15, 0.2) is 18.3 Å². The molecule has 1 aromatic heterocycles. The van der Waals surface area contributed by atoms with E-state index in [4.69, 9.17) is 0 Å². The van der Waals surface area contributed by atoms with Crippen molar-refractivity contribution in [2.45, 2.75) is 45.1 Å². The molecule has 1 N–H and O–H groups in total. The topological polar surface area (TPSA) is 37.3 Å². The minimum absolute atomic E-state index is 0.216. The fourth-order valence-corrected chi connectivity index (χ4v) is 3.48. The number of hydrogen-bond acceptors (Lipinski definition) is 2. The van der Waals surface area contributed by atoms with Crippen molar-refractivity contribution in [3.05, 3.63) is 24.0 Å². The van der Waals surface area contributed by atoms with Crippen molar-refractivity contribution < 1.29 is 4.79 Å². The van der Waals surface area contributed by atoms with Gasteiger partial charge in [-0.2, -0.15) is 0 Å². The fraction of sp³-hybridized carbons (Fsp3) is 0.706. The van der Waals surface area contributed by atoms with E-state index in [1.807, 2.05) is 17.0 Å². The summed E-state index contributed by atoms with van der Waals surface area (Å²) in [5.74, 6) is 0.948. The van der Waals surface area contributed by atoms with Crippen LogP contribution in [0.4, 0.5) is 0 Å². The van der Waals surface area contributed by atoms with E-state index in [1.165, 1.54) is 19.3 Å². The molecule has 1 saturated heterocycles. The molecular formula is C17H27N3O. The van der Waals surface area contributed by atoms with E-state index in [-0.39, 0.29) is 5.91 Å². The van der Waals surface area contributed by atoms with Crippen LogP contribution in [0.5, 0.6) is 0 Å². The van der Waals surface area contributed by atoms with Gasteiger partial charge in [-0.25, -0.2) is 0 Å². The molecule has 4 heteroatoms. The first kappa shape index (κ1) is 14.6. The van der Waals surface area contributed by atoms with Crippen LogP contribution >= 0.6 is 0 Å². The molecule has 0 atom stereocenters. The summed E-state index contributed by atoms with van der Waals surface area (Å²) in [5.41, 5.74) is 0.878. The van der Waals surface area contributed by atoms with Crippen LogP contribution in [0.1, 0.15) is 55.6 Å². The average molecular weight is 289 g/mol. The molecule has 21 heavy (non-hydrogen) atoms. The molecule has 1 aromatic rings. The number of piperidine rings is 1. The first-order valence-corrected chi connectivity index (χ1v) is 8.46. The van der Waals surface area contributed by atoms with Crippen molar-refractivity contribution in [3.63, 3.8) is 0 Å². The first-order chi connectivity index (χ1) is 10.3. The van der Waals surface area contributed by atoms with E-state index >= 15 is 0 Å². The van der Waals surface area contributed by atoms with Crippen molar-refractivity contribution >= 4 is 5.91 Å². The summed E-state index contributed by atoms with van der Waals surface area (Å²) in [7, 11) is 0. The highest BCUT2D eigenvalue weighted by atomic mass is 16.2. The minimum Gasteiger partial charge on any atom is -0.340 e. The van der Waals surface area contributed by atoms with Gasteiger partial charge in [0.05, 0.1) is 0 Å². The molecule has 2 heterocycles. The maximum atomic E-state index is 12.9. The Balaban J connectivity index is 1.72. The number of rotatable bonds is 5. The predicted molar refractivity (Wildman–Crippen MR) is 84.5 cm³/mol. The SMILES string of the molecule is CCN(CC1CCC1)C(=O)c1cccn1C1CCNCC1. The average Bonchev–Trinajstić information content (AvgIpc) is 2.96. The second kappa shape index (κ2) is 6.65. The summed E-state index contributed by atoms with van der Waals surface area (Å²) in [6.07, 6.45) is 8.23. The summed E-state index contributed by atoms with van der Waals surface area (Å²) >= 11 is 0. The molecule has 2 fully saturated rings. The third kappa shape index (κ3) is 3.15. The third-order valence-corrected chi connectivity index (χ3v) is 5.07. The normalized spacial score (nSPS) is 20.2. The number of carbonyl (C=O) groups is 1. The number of aromatic nitrogens is 1. The molecule has 0 bridgehead atoms. The largest absolute Gasteiger partial charge is 0.340 e. The van der Waals surface area contributed by atoms with E-state index < -0.39 is 0 Å². The lowest BCUT2D eigenvalue weighted by atomic mass is 9.85. The van der Waals surface area contributed by atoms with Gasteiger partial charge in [0.15, 0.2) is 0 Å². The van der Waals surface area contributed by atoms with Gasteiger partial charge in [0.25, 0.3) is 5.91 Å². The molecular weight excluding hydrogens is 262 g/mol. The van der Waals surface area contributed by atoms with Gasteiger partial charge in [-0.3, -0.25) is 4.79 Å². The van der Waals surface area contributed by atoms with Crippen LogP contribution in [-0.4, -0.2) is 41.6 Å². The van der Waals surface area contributed by atoms with E-state index in [9.17, 15) is 4.79 Å². The van der Waals surface area contributed by atoms with Crippen molar-refractivity contribution in [2.75, 3.05) is 26.2 Å². The number of nitrogens with one attached hydrogen (secondary N) is 1. The van der Waals surface area contributed by atoms with Crippen LogP contribution in [0.2, 0.25) is 0 Å². The van der Waals surface area contributed by atoms with Crippen LogP contribution in [0.25, 0.3) is 0 Å². The molecule has 0 aromatic carbocycles. The van der Waals surface area contributed by atoms with E-state index in [0.29, 0.717) is 6.04 Å². The Kier molecular flexibility index (Phi) is 4.63. The number of amides is 1. The summed E-state index contributed by atoms with van der Waals surface area (Å²) in [6, 6.07) is 4.49. The Morgan fingerprint density at radius 1 is 1.33 bits per heavy atom. The van der Waals surface area contributed by atoms with E-state index in [1.54, 1.807) is 0 Å². The second-order valence-corrected chi connectivity index (χ2v) is 6.42. The van der Waals surface area contributed by atoms with E-state index in [2.05, 4.69) is 23.0 Å². The Hall–Kier alpha value is -1.29. The van der Waals surface area contributed by atoms with Gasteiger partial charge in [-0.1, -0.05) is 6.42 Å². The smallest absolute Gasteiger partial charge is 0.270 e. The lowest BCUT2D eigenvalue weighted by molar-refractivity contribution is 0.0692. The zero-order valence-corrected chi connectivity index (χ0v) is 13.1. The number of nitrogens with zero attached hydrogens (tertiary/aromatic N) is 2. The third-order valence-electron chi connectivity index (χ3n) is 5.07. The summed E-state index contributed by atoms with van der Waals surface area (Å²) in [5, 5.41) is 3.39. The summed E-state index contributed by atoms with van der Waals surface area (Å²) in [6.45, 7) is 5.94. The van der Waals surface area contributed by atoms with Crippen LogP contribution in [0, 0.1) is 5.92 Å². The standard InChI is InChI=1S/C17H27N3O/c1-2-19(13-14-5-3-6-14)17(21)16-7-4-12-20(16)15-8-10-18-11-9-15/h4,7,12,14-15,18H,2-3,5-6,8-11,13H2,1H3. The molecule has 116 valence electrons. The minimum atomic E-state index is 0.216. The maximum Gasteiger partial charge on any atom is 0.270 e. The van der Waals surface area contributed by atoms with Crippen molar-refractivity contribution in [3.8, 4) is 0 Å². The Labute approximate surface area is 127 Å². The monoisotopic (exact) mass is 289 g/mol. The Bertz CT molecular complexity index is 472. The molecule has 1 amide bonds. The molecule has 1 aliphatic carbocycles. The van der Waals surface area contributed by atoms with E-state index in [0.717, 1.165) is 50.6 Å². The molecule has 0 radical (unpaired) electrons. The zero-order chi connectivity index (χ0) is 14.7. The zero-order valence-electron chi connectivity index (χ0n) is 13.1. The predicted octanol–water partition coefficient (Wildman–Crippen LogP) is 2.67. The molecule has 0 unspecified atom stereocenters. The van der Waals surface area contributed by atoms with Crippen molar-refractivity contribution in [1.82, 2.24) is 14.8 Å². The molecule has 4 nitrogen and oxygen atoms in total. The lowest BCUT2D eigenvalue weighted by Crippen LogP contribution is -2.39. The molecule has 1 saturated carbocycles. The Morgan fingerprint density at radius 2 is 2.10 bits per heavy atom. The highest BCUT2D eigenvalue weighted by Gasteiger charge is 2.26.